The third kappa shape index (κ3) is 12.9. The molecule has 0 radical (unpaired) electrons. The van der Waals surface area contributed by atoms with Crippen molar-refractivity contribution in [2.75, 3.05) is 10.2 Å². The molecular weight excluding hydrogens is 1550 g/mol. The highest BCUT2D eigenvalue weighted by molar-refractivity contribution is 9.10. The lowest BCUT2D eigenvalue weighted by molar-refractivity contribution is 0.660. The van der Waals surface area contributed by atoms with Crippen LogP contribution in [-0.2, 0) is 10.8 Å². The van der Waals surface area contributed by atoms with E-state index in [4.69, 9.17) is 0 Å². The molecule has 2 aliphatic carbocycles. The normalized spacial score (nSPS) is 12.7. The molecule has 22 aromatic rings. The minimum absolute atomic E-state index is 0.0559. The zero-order chi connectivity index (χ0) is 82.4. The highest BCUT2D eigenvalue weighted by Gasteiger charge is 2.37. The van der Waals surface area contributed by atoms with E-state index in [1.54, 1.807) is 0 Å². The second-order valence-corrected chi connectivity index (χ2v) is 34.6. The van der Waals surface area contributed by atoms with Gasteiger partial charge in [-0.3, -0.25) is 0 Å². The van der Waals surface area contributed by atoms with Crippen LogP contribution in [0.3, 0.4) is 0 Å². The Balaban J connectivity index is 0.000000124. The number of anilines is 5. The minimum atomic E-state index is -0.0785. The highest BCUT2D eigenvalue weighted by atomic mass is 79.9. The summed E-state index contributed by atoms with van der Waals surface area (Å²) in [5.41, 5.74) is 33.5. The molecule has 584 valence electrons. The molecule has 4 nitrogen and oxygen atoms in total. The molecule has 0 atom stereocenters. The molecule has 2 aliphatic rings. The van der Waals surface area contributed by atoms with Crippen molar-refractivity contribution in [2.24, 2.45) is 0 Å². The summed E-state index contributed by atoms with van der Waals surface area (Å²) >= 11 is 3.56. The summed E-state index contributed by atoms with van der Waals surface area (Å²) in [6.07, 6.45) is 0. The molecule has 0 bridgehead atoms. The van der Waals surface area contributed by atoms with E-state index in [1.165, 1.54) is 181 Å². The number of nitrogens with one attached hydrogen (secondary N) is 1. The SMILES string of the molecule is Brc1ccc(-c2cccc(-c3ccc4c(c3)c3c5ccccc5c5ccccc5c3n4-c3ccccc3)c2)cc1.CC1(C)c2ccccc2-c2ccc(N(c3ccccc3)c3ccc(-c4cccc(-c5ccc6c(c5)c5c7ccccc7c7ccccc7c5n6-c5ccccc5)c4)cc3)cc21.CC1(C)c2ccccc2-c2ccc(Nc3ccccc3)cc21. The molecule has 0 saturated heterocycles. The summed E-state index contributed by atoms with van der Waals surface area (Å²) in [7, 11) is 0. The van der Waals surface area contributed by atoms with Gasteiger partial charge in [0.05, 0.1) is 22.1 Å². The molecule has 24 rings (SSSR count). The maximum Gasteiger partial charge on any atom is 0.0625 e. The van der Waals surface area contributed by atoms with Crippen molar-refractivity contribution in [1.29, 1.82) is 0 Å². The molecule has 0 aliphatic heterocycles. The molecule has 2 heterocycles. The Morgan fingerprint density at radius 3 is 1.05 bits per heavy atom. The van der Waals surface area contributed by atoms with E-state index in [0.29, 0.717) is 0 Å². The quantitative estimate of drug-likeness (QED) is 0.131. The van der Waals surface area contributed by atoms with Gasteiger partial charge in [0.25, 0.3) is 0 Å². The summed E-state index contributed by atoms with van der Waals surface area (Å²) in [5, 5.41) is 18.9. The number of hydrogen-bond acceptors (Lipinski definition) is 2. The smallest absolute Gasteiger partial charge is 0.0625 e. The number of benzene rings is 20. The fourth-order valence-electron chi connectivity index (χ4n) is 19.9. The van der Waals surface area contributed by atoms with Crippen LogP contribution in [0.2, 0.25) is 0 Å². The van der Waals surface area contributed by atoms with Crippen LogP contribution in [-0.4, -0.2) is 9.13 Å². The van der Waals surface area contributed by atoms with Crippen molar-refractivity contribution in [3.63, 3.8) is 0 Å². The van der Waals surface area contributed by atoms with Crippen LogP contribution in [0.5, 0.6) is 0 Å². The Morgan fingerprint density at radius 1 is 0.228 bits per heavy atom. The number of para-hydroxylation sites is 4. The Morgan fingerprint density at radius 2 is 0.569 bits per heavy atom. The van der Waals surface area contributed by atoms with Crippen molar-refractivity contribution in [3.05, 3.63) is 464 Å². The fraction of sp³-hybridized carbons (Fsp3) is 0.0508. The highest BCUT2D eigenvalue weighted by Crippen LogP contribution is 2.54. The summed E-state index contributed by atoms with van der Waals surface area (Å²) in [6.45, 7) is 9.32. The van der Waals surface area contributed by atoms with Crippen LogP contribution in [0.15, 0.2) is 441 Å². The standard InChI is InChI=1S/C59H42N2.C38H24BrN.C21H19N/c1-59(2)54-27-14-13-24-49(54)50-34-33-46(38-55(50)59)60(43-18-5-3-6-19-43)45-31-28-39(29-32-45)40-16-15-17-41(36-40)42-30-35-56-53(37-42)57-51-25-11-9-22-47(51)48-23-10-12-26-52(48)58(57)61(56)44-20-7-4-8-21-44;39-29-20-17-25(18-21-29)26-9-8-10-27(23-26)28-19-22-36-35(24-28)37-33-15-6-4-13-31(33)32-14-5-7-16-34(32)38(37)40(36)30-11-2-1-3-12-30;1-21(2)19-11-7-6-10-17(19)18-13-12-16(14-20(18)21)22-15-8-4-3-5-9-15/h3-38H,1-2H3;1-24H;3-14,22H,1-2H3. The van der Waals surface area contributed by atoms with Gasteiger partial charge >= 0.3 is 0 Å². The van der Waals surface area contributed by atoms with Gasteiger partial charge in [0.1, 0.15) is 0 Å². The van der Waals surface area contributed by atoms with Crippen LogP contribution >= 0.6 is 15.9 Å². The van der Waals surface area contributed by atoms with Gasteiger partial charge in [-0.25, -0.2) is 0 Å². The second kappa shape index (κ2) is 30.4. The number of hydrogen-bond donors (Lipinski definition) is 1. The summed E-state index contributed by atoms with van der Waals surface area (Å²) in [6, 6.07) is 159. The third-order valence-electron chi connectivity index (χ3n) is 25.8. The van der Waals surface area contributed by atoms with E-state index in [1.807, 2.05) is 6.07 Å². The van der Waals surface area contributed by atoms with Gasteiger partial charge in [-0.1, -0.05) is 347 Å². The number of nitrogens with zero attached hydrogens (tertiary/aromatic N) is 3. The topological polar surface area (TPSA) is 25.1 Å². The van der Waals surface area contributed by atoms with Crippen LogP contribution in [0.1, 0.15) is 49.9 Å². The van der Waals surface area contributed by atoms with Gasteiger partial charge in [-0.05, 0) is 255 Å². The summed E-state index contributed by atoms with van der Waals surface area (Å²) in [5.74, 6) is 0. The molecule has 123 heavy (non-hydrogen) atoms. The molecule has 5 heteroatoms. The van der Waals surface area contributed by atoms with Crippen molar-refractivity contribution in [2.45, 2.75) is 38.5 Å². The van der Waals surface area contributed by atoms with E-state index < -0.39 is 0 Å². The minimum Gasteiger partial charge on any atom is -0.356 e. The predicted octanol–water partition coefficient (Wildman–Crippen LogP) is 33.1. The van der Waals surface area contributed by atoms with Gasteiger partial charge in [0.2, 0.25) is 0 Å². The molecule has 0 unspecified atom stereocenters. The Bertz CT molecular complexity index is 7880. The Hall–Kier alpha value is -14.9. The zero-order valence-corrected chi connectivity index (χ0v) is 70.4. The number of halogens is 1. The van der Waals surface area contributed by atoms with Crippen LogP contribution in [0.25, 0.3) is 165 Å². The average molecular weight is 1640 g/mol. The number of fused-ring (bicyclic) bond motifs is 22. The van der Waals surface area contributed by atoms with Crippen molar-refractivity contribution in [1.82, 2.24) is 9.13 Å². The van der Waals surface area contributed by atoms with Gasteiger partial charge in [-0.2, -0.15) is 0 Å². The van der Waals surface area contributed by atoms with Gasteiger partial charge in [0.15, 0.2) is 0 Å². The van der Waals surface area contributed by atoms with Gasteiger partial charge < -0.3 is 19.4 Å². The third-order valence-corrected chi connectivity index (χ3v) is 26.3. The fourth-order valence-corrected chi connectivity index (χ4v) is 20.2. The van der Waals surface area contributed by atoms with E-state index in [-0.39, 0.29) is 10.8 Å². The molecule has 0 fully saturated rings. The largest absolute Gasteiger partial charge is 0.356 e. The monoisotopic (exact) mass is 1640 g/mol. The predicted molar refractivity (Wildman–Crippen MR) is 527 cm³/mol. The Kier molecular flexibility index (Phi) is 18.4. The van der Waals surface area contributed by atoms with E-state index in [9.17, 15) is 0 Å². The molecule has 0 saturated carbocycles. The first-order chi connectivity index (χ1) is 60.4. The van der Waals surface area contributed by atoms with Crippen LogP contribution in [0, 0.1) is 0 Å². The summed E-state index contributed by atoms with van der Waals surface area (Å²) in [4.78, 5) is 2.38. The van der Waals surface area contributed by atoms with E-state index in [2.05, 4.69) is 494 Å². The van der Waals surface area contributed by atoms with Crippen molar-refractivity contribution >= 4 is 131 Å². The lowest BCUT2D eigenvalue weighted by atomic mass is 9.82. The molecule has 2 aromatic heterocycles. The molecule has 0 amide bonds. The lowest BCUT2D eigenvalue weighted by Gasteiger charge is -2.28. The maximum atomic E-state index is 3.56. The first-order valence-corrected chi connectivity index (χ1v) is 43.3. The van der Waals surface area contributed by atoms with Crippen LogP contribution in [0.4, 0.5) is 28.4 Å². The second-order valence-electron chi connectivity index (χ2n) is 33.6. The number of rotatable bonds is 11. The lowest BCUT2D eigenvalue weighted by Crippen LogP contribution is -2.16. The van der Waals surface area contributed by atoms with Crippen molar-refractivity contribution in [3.8, 4) is 78.1 Å². The van der Waals surface area contributed by atoms with Gasteiger partial charge in [0, 0.05) is 87.4 Å². The first-order valence-electron chi connectivity index (χ1n) is 42.5. The molecular formula is C118H85BrN4. The Labute approximate surface area is 725 Å². The van der Waals surface area contributed by atoms with Gasteiger partial charge in [-0.15, -0.1) is 0 Å². The summed E-state index contributed by atoms with van der Waals surface area (Å²) < 4.78 is 6.00. The molecule has 20 aromatic carbocycles. The average Bonchev–Trinajstić information content (AvgIpc) is 1.56. The van der Waals surface area contributed by atoms with E-state index in [0.717, 1.165) is 38.6 Å². The maximum absolute atomic E-state index is 3.56. The zero-order valence-electron chi connectivity index (χ0n) is 68.8. The molecule has 1 N–H and O–H groups in total. The van der Waals surface area contributed by atoms with Crippen LogP contribution < -0.4 is 10.2 Å². The first kappa shape index (κ1) is 74.4. The van der Waals surface area contributed by atoms with E-state index >= 15 is 0 Å². The number of aromatic nitrogens is 2. The molecule has 0 spiro atoms. The van der Waals surface area contributed by atoms with Crippen molar-refractivity contribution < 1.29 is 0 Å².